The minimum atomic E-state index is -0.833. The van der Waals surface area contributed by atoms with Crippen molar-refractivity contribution in [3.63, 3.8) is 0 Å². The van der Waals surface area contributed by atoms with Crippen LogP contribution in [0.25, 0.3) is 0 Å². The first-order valence-electron chi connectivity index (χ1n) is 7.66. The number of nitriles is 1. The highest BCUT2D eigenvalue weighted by Gasteiger charge is 2.45. The lowest BCUT2D eigenvalue weighted by molar-refractivity contribution is -0.143. The molecule has 0 radical (unpaired) electrons. The lowest BCUT2D eigenvalue weighted by Gasteiger charge is -2.35. The van der Waals surface area contributed by atoms with Crippen LogP contribution in [0.1, 0.15) is 32.1 Å². The summed E-state index contributed by atoms with van der Waals surface area (Å²) in [6.45, 7) is 2.64. The van der Waals surface area contributed by atoms with Crippen LogP contribution in [0.3, 0.4) is 0 Å². The molecule has 5 heteroatoms. The average molecular weight is 277 g/mol. The van der Waals surface area contributed by atoms with Gasteiger partial charge in [0.25, 0.3) is 0 Å². The number of hydrogen-bond donors (Lipinski definition) is 0. The first-order valence-corrected chi connectivity index (χ1v) is 7.66. The zero-order valence-corrected chi connectivity index (χ0v) is 12.2. The predicted octanol–water partition coefficient (Wildman–Crippen LogP) is 1.00. The van der Waals surface area contributed by atoms with Crippen LogP contribution >= 0.6 is 0 Å². The Balaban J connectivity index is 1.75. The highest BCUT2D eigenvalue weighted by Crippen LogP contribution is 2.35. The van der Waals surface area contributed by atoms with Gasteiger partial charge in [0.1, 0.15) is 5.41 Å². The van der Waals surface area contributed by atoms with E-state index >= 15 is 0 Å². The molecule has 3 fully saturated rings. The molecule has 110 valence electrons. The molecule has 0 aromatic heterocycles. The first kappa shape index (κ1) is 13.8. The Morgan fingerprint density at radius 3 is 2.65 bits per heavy atom. The van der Waals surface area contributed by atoms with E-state index in [0.717, 1.165) is 19.5 Å². The van der Waals surface area contributed by atoms with Crippen molar-refractivity contribution < 1.29 is 9.53 Å². The van der Waals surface area contributed by atoms with E-state index in [0.29, 0.717) is 38.1 Å². The molecule has 20 heavy (non-hydrogen) atoms. The van der Waals surface area contributed by atoms with Crippen molar-refractivity contribution in [3.8, 4) is 6.07 Å². The molecule has 3 heterocycles. The maximum atomic E-state index is 12.9. The van der Waals surface area contributed by atoms with Gasteiger partial charge in [0.05, 0.1) is 6.07 Å². The third-order valence-electron chi connectivity index (χ3n) is 5.41. The summed E-state index contributed by atoms with van der Waals surface area (Å²) in [5.41, 5.74) is -0.833. The lowest BCUT2D eigenvalue weighted by Crippen LogP contribution is -2.49. The second kappa shape index (κ2) is 5.34. The fraction of sp³-hybridized carbons (Fsp3) is 0.867. The van der Waals surface area contributed by atoms with E-state index in [1.54, 1.807) is 0 Å². The van der Waals surface area contributed by atoms with Crippen LogP contribution in [0.4, 0.5) is 0 Å². The summed E-state index contributed by atoms with van der Waals surface area (Å²) in [5.74, 6) is 0.0456. The van der Waals surface area contributed by atoms with Crippen molar-refractivity contribution in [2.75, 3.05) is 33.4 Å². The van der Waals surface area contributed by atoms with Crippen molar-refractivity contribution >= 4 is 5.91 Å². The molecule has 2 unspecified atom stereocenters. The molecule has 3 aliphatic heterocycles. The summed E-state index contributed by atoms with van der Waals surface area (Å²) in [6, 6.07) is 3.40. The fourth-order valence-electron chi connectivity index (χ4n) is 3.89. The molecule has 0 N–H and O–H groups in total. The molecule has 3 rings (SSSR count). The molecular weight excluding hydrogens is 254 g/mol. The van der Waals surface area contributed by atoms with Gasteiger partial charge in [-0.15, -0.1) is 0 Å². The number of hydrogen-bond acceptors (Lipinski definition) is 4. The first-order chi connectivity index (χ1) is 9.66. The molecule has 2 bridgehead atoms. The standard InChI is InChI=1S/C15H23N3O2/c1-17-12-2-3-13(17)10-18(7-4-12)14(19)15(11-16)5-8-20-9-6-15/h12-13H,2-10H2,1H3. The van der Waals surface area contributed by atoms with Crippen LogP contribution in [0.15, 0.2) is 0 Å². The summed E-state index contributed by atoms with van der Waals surface area (Å²) in [6.07, 6.45) is 4.55. The van der Waals surface area contributed by atoms with Crippen molar-refractivity contribution in [1.29, 1.82) is 5.26 Å². The Kier molecular flexibility index (Phi) is 3.70. The summed E-state index contributed by atoms with van der Waals surface area (Å²) in [4.78, 5) is 17.3. The predicted molar refractivity (Wildman–Crippen MR) is 73.9 cm³/mol. The van der Waals surface area contributed by atoms with Crippen LogP contribution in [0, 0.1) is 16.7 Å². The Bertz CT molecular complexity index is 425. The number of likely N-dealkylation sites (N-methyl/N-ethyl adjacent to an activating group) is 1. The van der Waals surface area contributed by atoms with Crippen LogP contribution in [-0.2, 0) is 9.53 Å². The van der Waals surface area contributed by atoms with Gasteiger partial charge in [0.15, 0.2) is 0 Å². The molecule has 0 spiro atoms. The van der Waals surface area contributed by atoms with Gasteiger partial charge in [-0.3, -0.25) is 9.69 Å². The van der Waals surface area contributed by atoms with E-state index in [1.807, 2.05) is 4.90 Å². The van der Waals surface area contributed by atoms with E-state index < -0.39 is 5.41 Å². The van der Waals surface area contributed by atoms with Gasteiger partial charge in [-0.1, -0.05) is 0 Å². The molecule has 0 aromatic rings. The Hall–Kier alpha value is -1.12. The van der Waals surface area contributed by atoms with Gasteiger partial charge in [-0.2, -0.15) is 5.26 Å². The number of rotatable bonds is 1. The van der Waals surface area contributed by atoms with Crippen molar-refractivity contribution in [1.82, 2.24) is 9.80 Å². The quantitative estimate of drug-likeness (QED) is 0.717. The van der Waals surface area contributed by atoms with Gasteiger partial charge in [0.2, 0.25) is 5.91 Å². The number of amides is 1. The maximum Gasteiger partial charge on any atom is 0.243 e. The van der Waals surface area contributed by atoms with E-state index in [9.17, 15) is 10.1 Å². The maximum absolute atomic E-state index is 12.9. The molecule has 1 amide bonds. The number of fused-ring (bicyclic) bond motifs is 2. The monoisotopic (exact) mass is 277 g/mol. The average Bonchev–Trinajstić information content (AvgIpc) is 2.72. The van der Waals surface area contributed by atoms with Crippen molar-refractivity contribution in [2.24, 2.45) is 5.41 Å². The van der Waals surface area contributed by atoms with Crippen LogP contribution < -0.4 is 0 Å². The molecule has 5 nitrogen and oxygen atoms in total. The molecule has 3 saturated heterocycles. The third kappa shape index (κ3) is 2.21. The van der Waals surface area contributed by atoms with Crippen molar-refractivity contribution in [3.05, 3.63) is 0 Å². The summed E-state index contributed by atoms with van der Waals surface area (Å²) >= 11 is 0. The summed E-state index contributed by atoms with van der Waals surface area (Å²) < 4.78 is 5.33. The number of ether oxygens (including phenoxy) is 1. The molecule has 0 aromatic carbocycles. The van der Waals surface area contributed by atoms with Crippen LogP contribution in [0.5, 0.6) is 0 Å². The molecule has 0 saturated carbocycles. The van der Waals surface area contributed by atoms with Gasteiger partial charge >= 0.3 is 0 Å². The number of carbonyl (C=O) groups is 1. The highest BCUT2D eigenvalue weighted by molar-refractivity contribution is 5.85. The topological polar surface area (TPSA) is 56.6 Å². The number of carbonyl (C=O) groups excluding carboxylic acids is 1. The lowest BCUT2D eigenvalue weighted by atomic mass is 9.80. The van der Waals surface area contributed by atoms with E-state index in [2.05, 4.69) is 18.0 Å². The van der Waals surface area contributed by atoms with Gasteiger partial charge in [0, 0.05) is 38.4 Å². The van der Waals surface area contributed by atoms with E-state index in [-0.39, 0.29) is 5.91 Å². The second-order valence-electron chi connectivity index (χ2n) is 6.40. The van der Waals surface area contributed by atoms with Crippen LogP contribution in [0.2, 0.25) is 0 Å². The molecular formula is C15H23N3O2. The van der Waals surface area contributed by atoms with Gasteiger partial charge in [-0.25, -0.2) is 0 Å². The van der Waals surface area contributed by atoms with Gasteiger partial charge in [-0.05, 0) is 39.2 Å². The van der Waals surface area contributed by atoms with Gasteiger partial charge < -0.3 is 9.64 Å². The zero-order chi connectivity index (χ0) is 14.2. The highest BCUT2D eigenvalue weighted by atomic mass is 16.5. The summed E-state index contributed by atoms with van der Waals surface area (Å²) in [7, 11) is 2.17. The minimum Gasteiger partial charge on any atom is -0.381 e. The SMILES string of the molecule is CN1C2CCC1CN(C(=O)C1(C#N)CCOCC1)CC2. The fourth-order valence-corrected chi connectivity index (χ4v) is 3.89. The molecule has 3 aliphatic rings. The second-order valence-corrected chi connectivity index (χ2v) is 6.40. The largest absolute Gasteiger partial charge is 0.381 e. The molecule has 2 atom stereocenters. The normalized spacial score (nSPS) is 33.5. The Morgan fingerprint density at radius 1 is 1.25 bits per heavy atom. The minimum absolute atomic E-state index is 0.0456. The summed E-state index contributed by atoms with van der Waals surface area (Å²) in [5, 5.41) is 9.53. The van der Waals surface area contributed by atoms with Crippen molar-refractivity contribution in [2.45, 2.75) is 44.2 Å². The number of likely N-dealkylation sites (tertiary alicyclic amines) is 1. The molecule has 0 aliphatic carbocycles. The zero-order valence-electron chi connectivity index (χ0n) is 12.2. The van der Waals surface area contributed by atoms with Crippen LogP contribution in [-0.4, -0.2) is 61.1 Å². The number of nitrogens with zero attached hydrogens (tertiary/aromatic N) is 3. The van der Waals surface area contributed by atoms with E-state index in [1.165, 1.54) is 12.8 Å². The smallest absolute Gasteiger partial charge is 0.243 e. The van der Waals surface area contributed by atoms with E-state index in [4.69, 9.17) is 4.74 Å². The Labute approximate surface area is 120 Å². The third-order valence-corrected chi connectivity index (χ3v) is 5.41. The Morgan fingerprint density at radius 2 is 1.95 bits per heavy atom.